The molecule has 4 rings (SSSR count). The monoisotopic (exact) mass is 384 g/mol. The number of ether oxygens (including phenoxy) is 1. The van der Waals surface area contributed by atoms with Crippen molar-refractivity contribution in [3.05, 3.63) is 64.7 Å². The van der Waals surface area contributed by atoms with Crippen molar-refractivity contribution in [1.29, 1.82) is 0 Å². The van der Waals surface area contributed by atoms with Gasteiger partial charge in [0.1, 0.15) is 6.10 Å². The van der Waals surface area contributed by atoms with E-state index in [1.54, 1.807) is 15.9 Å². The predicted octanol–water partition coefficient (Wildman–Crippen LogP) is 3.68. The van der Waals surface area contributed by atoms with Crippen molar-refractivity contribution in [1.82, 2.24) is 4.90 Å². The van der Waals surface area contributed by atoms with E-state index in [1.807, 2.05) is 42.5 Å². The Morgan fingerprint density at radius 3 is 2.74 bits per heavy atom. The Bertz CT molecular complexity index is 870. The maximum Gasteiger partial charge on any atom is 0.254 e. The predicted molar refractivity (Wildman–Crippen MR) is 104 cm³/mol. The molecule has 0 aliphatic carbocycles. The van der Waals surface area contributed by atoms with Crippen LogP contribution in [0.3, 0.4) is 0 Å². The second kappa shape index (κ2) is 7.71. The van der Waals surface area contributed by atoms with Gasteiger partial charge in [-0.3, -0.25) is 9.59 Å². The first-order valence-electron chi connectivity index (χ1n) is 9.18. The van der Waals surface area contributed by atoms with Crippen molar-refractivity contribution in [2.24, 2.45) is 0 Å². The lowest BCUT2D eigenvalue weighted by molar-refractivity contribution is -0.117. The van der Waals surface area contributed by atoms with Gasteiger partial charge < -0.3 is 14.5 Å². The van der Waals surface area contributed by atoms with E-state index in [-0.39, 0.29) is 17.9 Å². The van der Waals surface area contributed by atoms with E-state index >= 15 is 0 Å². The van der Waals surface area contributed by atoms with Crippen molar-refractivity contribution < 1.29 is 14.3 Å². The first-order valence-corrected chi connectivity index (χ1v) is 9.56. The van der Waals surface area contributed by atoms with Gasteiger partial charge in [0.2, 0.25) is 5.91 Å². The van der Waals surface area contributed by atoms with Crippen molar-refractivity contribution in [3.63, 3.8) is 0 Å². The molecule has 6 heteroatoms. The van der Waals surface area contributed by atoms with E-state index in [4.69, 9.17) is 16.3 Å². The molecule has 2 heterocycles. The van der Waals surface area contributed by atoms with Crippen LogP contribution in [0, 0.1) is 0 Å². The summed E-state index contributed by atoms with van der Waals surface area (Å²) < 4.78 is 5.85. The van der Waals surface area contributed by atoms with Crippen LogP contribution < -0.4 is 4.90 Å². The first kappa shape index (κ1) is 18.0. The molecule has 0 aromatic heterocycles. The molecule has 2 aliphatic rings. The number of hydrogen-bond acceptors (Lipinski definition) is 3. The Morgan fingerprint density at radius 1 is 1.11 bits per heavy atom. The molecule has 0 N–H and O–H groups in total. The normalized spacial score (nSPS) is 20.2. The number of anilines is 1. The van der Waals surface area contributed by atoms with Crippen LogP contribution in [0.4, 0.5) is 5.69 Å². The van der Waals surface area contributed by atoms with Gasteiger partial charge in [0.15, 0.2) is 0 Å². The number of hydrogen-bond donors (Lipinski definition) is 0. The smallest absolute Gasteiger partial charge is 0.254 e. The van der Waals surface area contributed by atoms with E-state index in [2.05, 4.69) is 0 Å². The van der Waals surface area contributed by atoms with E-state index in [1.165, 1.54) is 0 Å². The molecule has 140 valence electrons. The highest BCUT2D eigenvalue weighted by Crippen LogP contribution is 2.27. The first-order chi connectivity index (χ1) is 13.1. The third-order valence-electron chi connectivity index (χ3n) is 5.05. The van der Waals surface area contributed by atoms with E-state index in [0.29, 0.717) is 43.2 Å². The molecule has 5 nitrogen and oxygen atoms in total. The lowest BCUT2D eigenvalue weighted by atomic mass is 10.1. The minimum absolute atomic E-state index is 0.0428. The summed E-state index contributed by atoms with van der Waals surface area (Å²) in [5.41, 5.74) is 2.36. The molecule has 2 aromatic carbocycles. The number of amides is 2. The summed E-state index contributed by atoms with van der Waals surface area (Å²) >= 11 is 6.08. The van der Waals surface area contributed by atoms with Gasteiger partial charge in [0.25, 0.3) is 5.91 Å². The number of halogens is 1. The van der Waals surface area contributed by atoms with E-state index < -0.39 is 0 Å². The second-order valence-electron chi connectivity index (χ2n) is 6.86. The summed E-state index contributed by atoms with van der Waals surface area (Å²) in [6.07, 6.45) is 1.25. The molecule has 0 spiro atoms. The van der Waals surface area contributed by atoms with Gasteiger partial charge in [0.05, 0.1) is 13.2 Å². The summed E-state index contributed by atoms with van der Waals surface area (Å²) in [7, 11) is 0. The van der Waals surface area contributed by atoms with Crippen molar-refractivity contribution >= 4 is 29.1 Å². The number of morpholine rings is 1. The third kappa shape index (κ3) is 3.84. The molecule has 2 aromatic rings. The number of carbonyl (C=O) groups excluding carboxylic acids is 2. The van der Waals surface area contributed by atoms with Crippen LogP contribution >= 0.6 is 11.6 Å². The molecule has 1 atom stereocenters. The van der Waals surface area contributed by atoms with Crippen molar-refractivity contribution in [3.8, 4) is 0 Å². The molecule has 2 fully saturated rings. The maximum absolute atomic E-state index is 13.0. The Balaban J connectivity index is 1.51. The van der Waals surface area contributed by atoms with Crippen LogP contribution in [0.2, 0.25) is 5.02 Å². The van der Waals surface area contributed by atoms with Gasteiger partial charge >= 0.3 is 0 Å². The average Bonchev–Trinajstić information content (AvgIpc) is 3.13. The summed E-state index contributed by atoms with van der Waals surface area (Å²) in [6, 6.07) is 14.9. The quantitative estimate of drug-likeness (QED) is 0.811. The zero-order valence-corrected chi connectivity index (χ0v) is 15.7. The highest BCUT2D eigenvalue weighted by atomic mass is 35.5. The molecule has 2 amide bonds. The molecule has 0 radical (unpaired) electrons. The Kier molecular flexibility index (Phi) is 5.14. The van der Waals surface area contributed by atoms with Crippen LogP contribution in [0.1, 0.15) is 34.9 Å². The lowest BCUT2D eigenvalue weighted by Gasteiger charge is -2.33. The van der Waals surface area contributed by atoms with Gasteiger partial charge in [-0.15, -0.1) is 0 Å². The molecular formula is C21H21ClN2O3. The SMILES string of the molecule is O=C(c1cccc(N2CCCC2=O)c1)N1CCOC(c2cccc(Cl)c2)C1. The Hall–Kier alpha value is -2.37. The summed E-state index contributed by atoms with van der Waals surface area (Å²) in [4.78, 5) is 28.6. The molecule has 2 aliphatic heterocycles. The van der Waals surface area contributed by atoms with Crippen molar-refractivity contribution in [2.45, 2.75) is 18.9 Å². The molecule has 1 unspecified atom stereocenters. The maximum atomic E-state index is 13.0. The van der Waals surface area contributed by atoms with E-state index in [0.717, 1.165) is 17.7 Å². The van der Waals surface area contributed by atoms with Gasteiger partial charge in [-0.05, 0) is 42.3 Å². The second-order valence-corrected chi connectivity index (χ2v) is 7.30. The van der Waals surface area contributed by atoms with Crippen molar-refractivity contribution in [2.75, 3.05) is 31.1 Å². The van der Waals surface area contributed by atoms with Crippen LogP contribution in [0.15, 0.2) is 48.5 Å². The minimum Gasteiger partial charge on any atom is -0.370 e. The van der Waals surface area contributed by atoms with Crippen LogP contribution in [-0.4, -0.2) is 43.0 Å². The average molecular weight is 385 g/mol. The number of carbonyl (C=O) groups is 2. The zero-order chi connectivity index (χ0) is 18.8. The van der Waals surface area contributed by atoms with E-state index in [9.17, 15) is 9.59 Å². The van der Waals surface area contributed by atoms with Crippen LogP contribution in [-0.2, 0) is 9.53 Å². The molecule has 2 saturated heterocycles. The number of nitrogens with zero attached hydrogens (tertiary/aromatic N) is 2. The standard InChI is InChI=1S/C21H21ClN2O3/c22-17-6-1-4-15(12-17)19-14-23(10-11-27-19)21(26)16-5-2-7-18(13-16)24-9-3-8-20(24)25/h1-2,4-7,12-13,19H,3,8-11,14H2. The third-order valence-corrected chi connectivity index (χ3v) is 5.29. The van der Waals surface area contributed by atoms with Crippen LogP contribution in [0.5, 0.6) is 0 Å². The topological polar surface area (TPSA) is 49.9 Å². The lowest BCUT2D eigenvalue weighted by Crippen LogP contribution is -2.42. The minimum atomic E-state index is -0.190. The fourth-order valence-corrected chi connectivity index (χ4v) is 3.85. The highest BCUT2D eigenvalue weighted by Gasteiger charge is 2.27. The van der Waals surface area contributed by atoms with Gasteiger partial charge in [-0.25, -0.2) is 0 Å². The molecule has 0 bridgehead atoms. The largest absolute Gasteiger partial charge is 0.370 e. The molecule has 0 saturated carbocycles. The van der Waals surface area contributed by atoms with Gasteiger partial charge in [-0.2, -0.15) is 0 Å². The van der Waals surface area contributed by atoms with Gasteiger partial charge in [-0.1, -0.05) is 29.8 Å². The molecule has 27 heavy (non-hydrogen) atoms. The fraction of sp³-hybridized carbons (Fsp3) is 0.333. The van der Waals surface area contributed by atoms with Gasteiger partial charge in [0, 0.05) is 35.8 Å². The Labute approximate surface area is 163 Å². The Morgan fingerprint density at radius 2 is 1.96 bits per heavy atom. The zero-order valence-electron chi connectivity index (χ0n) is 14.9. The van der Waals surface area contributed by atoms with Crippen LogP contribution in [0.25, 0.3) is 0 Å². The number of rotatable bonds is 3. The highest BCUT2D eigenvalue weighted by molar-refractivity contribution is 6.30. The summed E-state index contributed by atoms with van der Waals surface area (Å²) in [6.45, 7) is 2.22. The fourth-order valence-electron chi connectivity index (χ4n) is 3.65. The molecular weight excluding hydrogens is 364 g/mol. The number of benzene rings is 2. The summed E-state index contributed by atoms with van der Waals surface area (Å²) in [5, 5.41) is 0.655. The summed E-state index contributed by atoms with van der Waals surface area (Å²) in [5.74, 6) is 0.0748.